The van der Waals surface area contributed by atoms with Gasteiger partial charge in [-0.15, -0.1) is 0 Å². The molecule has 0 unspecified atom stereocenters. The van der Waals surface area contributed by atoms with Crippen molar-refractivity contribution >= 4 is 15.9 Å². The first kappa shape index (κ1) is 16.0. The molecule has 0 bridgehead atoms. The van der Waals surface area contributed by atoms with Crippen LogP contribution in [0.3, 0.4) is 0 Å². The number of carbonyl (C=O) groups excluding carboxylic acids is 1. The first-order chi connectivity index (χ1) is 11.0. The van der Waals surface area contributed by atoms with Crippen LogP contribution in [0.2, 0.25) is 0 Å². The Hall–Kier alpha value is -1.91. The van der Waals surface area contributed by atoms with Gasteiger partial charge in [-0.25, -0.2) is 13.1 Å². The standard InChI is InChI=1S/C16H19N3O3S/c17-11-12-1-5-15(6-2-12)23(21,22)18-14-7-9-19(10-8-14)16(20)13-3-4-13/h1-2,5-6,13-14,18H,3-4,7-10H2. The molecule has 1 amide bonds. The van der Waals surface area contributed by atoms with Gasteiger partial charge < -0.3 is 4.90 Å². The van der Waals surface area contributed by atoms with Crippen molar-refractivity contribution in [1.82, 2.24) is 9.62 Å². The van der Waals surface area contributed by atoms with Gasteiger partial charge in [-0.2, -0.15) is 5.26 Å². The molecule has 1 heterocycles. The van der Waals surface area contributed by atoms with Gasteiger partial charge in [0.2, 0.25) is 15.9 Å². The van der Waals surface area contributed by atoms with Crippen molar-refractivity contribution in [2.24, 2.45) is 5.92 Å². The molecule has 0 radical (unpaired) electrons. The number of amides is 1. The zero-order chi connectivity index (χ0) is 16.4. The highest BCUT2D eigenvalue weighted by Gasteiger charge is 2.35. The first-order valence-electron chi connectivity index (χ1n) is 7.81. The molecule has 2 fully saturated rings. The molecule has 1 aromatic rings. The molecule has 0 aromatic heterocycles. The Bertz CT molecular complexity index is 725. The fourth-order valence-electron chi connectivity index (χ4n) is 2.80. The van der Waals surface area contributed by atoms with Gasteiger partial charge in [0, 0.05) is 25.0 Å². The van der Waals surface area contributed by atoms with Crippen LogP contribution in [-0.4, -0.2) is 38.4 Å². The zero-order valence-electron chi connectivity index (χ0n) is 12.7. The van der Waals surface area contributed by atoms with Gasteiger partial charge in [-0.1, -0.05) is 0 Å². The lowest BCUT2D eigenvalue weighted by Crippen LogP contribution is -2.46. The van der Waals surface area contributed by atoms with Gasteiger partial charge in [-0.05, 0) is 49.9 Å². The lowest BCUT2D eigenvalue weighted by atomic mass is 10.1. The van der Waals surface area contributed by atoms with Gasteiger partial charge in [-0.3, -0.25) is 4.79 Å². The van der Waals surface area contributed by atoms with Crippen LogP contribution in [0.15, 0.2) is 29.2 Å². The van der Waals surface area contributed by atoms with E-state index < -0.39 is 10.0 Å². The Balaban J connectivity index is 1.58. The third-order valence-electron chi connectivity index (χ3n) is 4.35. The van der Waals surface area contributed by atoms with E-state index in [2.05, 4.69) is 4.72 Å². The first-order valence-corrected chi connectivity index (χ1v) is 9.29. The minimum atomic E-state index is -3.59. The number of rotatable bonds is 4. The number of nitrogens with zero attached hydrogens (tertiary/aromatic N) is 2. The molecule has 0 atom stereocenters. The van der Waals surface area contributed by atoms with E-state index >= 15 is 0 Å². The fraction of sp³-hybridized carbons (Fsp3) is 0.500. The predicted molar refractivity (Wildman–Crippen MR) is 83.8 cm³/mol. The number of carbonyl (C=O) groups is 1. The van der Waals surface area contributed by atoms with Crippen LogP contribution in [0.25, 0.3) is 0 Å². The van der Waals surface area contributed by atoms with Gasteiger partial charge in [0.25, 0.3) is 0 Å². The molecule has 1 saturated heterocycles. The molecule has 0 spiro atoms. The summed E-state index contributed by atoms with van der Waals surface area (Å²) < 4.78 is 27.4. The van der Waals surface area contributed by atoms with Crippen molar-refractivity contribution in [2.75, 3.05) is 13.1 Å². The monoisotopic (exact) mass is 333 g/mol. The van der Waals surface area contributed by atoms with E-state index in [1.54, 1.807) is 0 Å². The minimum Gasteiger partial charge on any atom is -0.342 e. The van der Waals surface area contributed by atoms with Crippen LogP contribution >= 0.6 is 0 Å². The van der Waals surface area contributed by atoms with Gasteiger partial charge >= 0.3 is 0 Å². The lowest BCUT2D eigenvalue weighted by Gasteiger charge is -2.32. The largest absolute Gasteiger partial charge is 0.342 e. The maximum absolute atomic E-state index is 12.4. The van der Waals surface area contributed by atoms with Gasteiger partial charge in [0.1, 0.15) is 0 Å². The van der Waals surface area contributed by atoms with Crippen molar-refractivity contribution in [1.29, 1.82) is 5.26 Å². The highest BCUT2D eigenvalue weighted by Crippen LogP contribution is 2.32. The average Bonchev–Trinajstić information content (AvgIpc) is 3.39. The second kappa shape index (κ2) is 6.30. The van der Waals surface area contributed by atoms with E-state index in [0.717, 1.165) is 12.8 Å². The van der Waals surface area contributed by atoms with E-state index in [4.69, 9.17) is 5.26 Å². The molecule has 3 rings (SSSR count). The summed E-state index contributed by atoms with van der Waals surface area (Å²) in [7, 11) is -3.59. The molecule has 6 nitrogen and oxygen atoms in total. The zero-order valence-corrected chi connectivity index (χ0v) is 13.6. The van der Waals surface area contributed by atoms with E-state index in [1.165, 1.54) is 24.3 Å². The Kier molecular flexibility index (Phi) is 4.37. The molecule has 1 N–H and O–H groups in total. The normalized spacial score (nSPS) is 19.3. The van der Waals surface area contributed by atoms with Gasteiger partial charge in [0.05, 0.1) is 16.5 Å². The van der Waals surface area contributed by atoms with Crippen molar-refractivity contribution in [3.63, 3.8) is 0 Å². The van der Waals surface area contributed by atoms with Crippen LogP contribution in [0, 0.1) is 17.2 Å². The number of sulfonamides is 1. The van der Waals surface area contributed by atoms with Crippen LogP contribution in [-0.2, 0) is 14.8 Å². The smallest absolute Gasteiger partial charge is 0.240 e. The third kappa shape index (κ3) is 3.71. The second-order valence-electron chi connectivity index (χ2n) is 6.13. The topological polar surface area (TPSA) is 90.3 Å². The minimum absolute atomic E-state index is 0.154. The molecular formula is C16H19N3O3S. The third-order valence-corrected chi connectivity index (χ3v) is 5.89. The van der Waals surface area contributed by atoms with Crippen molar-refractivity contribution in [3.8, 4) is 6.07 Å². The Morgan fingerprint density at radius 3 is 2.26 bits per heavy atom. The van der Waals surface area contributed by atoms with Gasteiger partial charge in [0.15, 0.2) is 0 Å². The molecular weight excluding hydrogens is 314 g/mol. The summed E-state index contributed by atoms with van der Waals surface area (Å²) in [6.45, 7) is 1.21. The Morgan fingerprint density at radius 2 is 1.74 bits per heavy atom. The molecule has 7 heteroatoms. The molecule has 1 aliphatic carbocycles. The highest BCUT2D eigenvalue weighted by atomic mass is 32.2. The Morgan fingerprint density at radius 1 is 1.13 bits per heavy atom. The summed E-state index contributed by atoms with van der Waals surface area (Å²) in [5.41, 5.74) is 0.427. The SMILES string of the molecule is N#Cc1ccc(S(=O)(=O)NC2CCN(C(=O)C3CC3)CC2)cc1. The quantitative estimate of drug-likeness (QED) is 0.897. The van der Waals surface area contributed by atoms with Crippen LogP contribution in [0.1, 0.15) is 31.2 Å². The molecule has 2 aliphatic rings. The second-order valence-corrected chi connectivity index (χ2v) is 7.85. The summed E-state index contributed by atoms with van der Waals surface area (Å²) in [5, 5.41) is 8.76. The van der Waals surface area contributed by atoms with Crippen LogP contribution in [0.4, 0.5) is 0 Å². The van der Waals surface area contributed by atoms with Crippen molar-refractivity contribution < 1.29 is 13.2 Å². The molecule has 1 saturated carbocycles. The maximum atomic E-state index is 12.4. The van der Waals surface area contributed by atoms with E-state index in [1.807, 2.05) is 11.0 Å². The summed E-state index contributed by atoms with van der Waals surface area (Å²) in [4.78, 5) is 14.0. The van der Waals surface area contributed by atoms with Crippen molar-refractivity contribution in [2.45, 2.75) is 36.6 Å². The number of likely N-dealkylation sites (tertiary alicyclic amines) is 1. The summed E-state index contributed by atoms with van der Waals surface area (Å²) in [6.07, 6.45) is 3.25. The average molecular weight is 333 g/mol. The summed E-state index contributed by atoms with van der Waals surface area (Å²) in [6, 6.07) is 7.67. The summed E-state index contributed by atoms with van der Waals surface area (Å²) in [5.74, 6) is 0.431. The molecule has 23 heavy (non-hydrogen) atoms. The Labute approximate surface area is 136 Å². The highest BCUT2D eigenvalue weighted by molar-refractivity contribution is 7.89. The van der Waals surface area contributed by atoms with Crippen LogP contribution in [0.5, 0.6) is 0 Å². The van der Waals surface area contributed by atoms with Crippen LogP contribution < -0.4 is 4.72 Å². The summed E-state index contributed by atoms with van der Waals surface area (Å²) >= 11 is 0. The maximum Gasteiger partial charge on any atom is 0.240 e. The molecule has 1 aliphatic heterocycles. The number of piperidine rings is 1. The van der Waals surface area contributed by atoms with E-state index in [0.29, 0.717) is 31.5 Å². The number of nitriles is 1. The number of benzene rings is 1. The number of nitrogens with one attached hydrogen (secondary N) is 1. The van der Waals surface area contributed by atoms with Crippen molar-refractivity contribution in [3.05, 3.63) is 29.8 Å². The fourth-order valence-corrected chi connectivity index (χ4v) is 4.11. The lowest BCUT2D eigenvalue weighted by molar-refractivity contribution is -0.133. The predicted octanol–water partition coefficient (Wildman–Crippen LogP) is 1.24. The molecule has 122 valence electrons. The number of hydrogen-bond acceptors (Lipinski definition) is 4. The molecule has 1 aromatic carbocycles. The van der Waals surface area contributed by atoms with E-state index in [9.17, 15) is 13.2 Å². The van der Waals surface area contributed by atoms with E-state index in [-0.39, 0.29) is 22.8 Å². The number of hydrogen-bond donors (Lipinski definition) is 1.